The molecule has 0 aliphatic heterocycles. The van der Waals surface area contributed by atoms with E-state index in [-0.39, 0.29) is 6.10 Å². The number of nitrogens with one attached hydrogen (secondary N) is 1. The van der Waals surface area contributed by atoms with E-state index in [1.165, 1.54) is 32.1 Å². The summed E-state index contributed by atoms with van der Waals surface area (Å²) >= 11 is 0. The maximum absolute atomic E-state index is 9.77. The summed E-state index contributed by atoms with van der Waals surface area (Å²) in [5.41, 5.74) is 0. The molecular weight excluding hydrogens is 186 g/mol. The lowest BCUT2D eigenvalue weighted by molar-refractivity contribution is 0.128. The zero-order chi connectivity index (χ0) is 10.8. The summed E-state index contributed by atoms with van der Waals surface area (Å²) < 4.78 is 0. The number of hydrogen-bond acceptors (Lipinski definition) is 2. The van der Waals surface area contributed by atoms with Crippen molar-refractivity contribution in [1.29, 1.82) is 0 Å². The molecule has 2 aliphatic rings. The van der Waals surface area contributed by atoms with Crippen molar-refractivity contribution in [3.05, 3.63) is 0 Å². The van der Waals surface area contributed by atoms with Gasteiger partial charge in [-0.3, -0.25) is 0 Å². The Morgan fingerprint density at radius 2 is 1.80 bits per heavy atom. The molecular formula is C13H25NO. The summed E-state index contributed by atoms with van der Waals surface area (Å²) in [4.78, 5) is 0. The maximum atomic E-state index is 9.77. The van der Waals surface area contributed by atoms with Crippen molar-refractivity contribution in [2.75, 3.05) is 0 Å². The molecule has 88 valence electrons. The number of rotatable bonds is 2. The van der Waals surface area contributed by atoms with Gasteiger partial charge in [-0.1, -0.05) is 13.8 Å². The normalized spacial score (nSPS) is 47.0. The predicted molar refractivity (Wildman–Crippen MR) is 62.7 cm³/mol. The smallest absolute Gasteiger partial charge is 0.0693 e. The van der Waals surface area contributed by atoms with E-state index in [0.717, 1.165) is 18.3 Å². The van der Waals surface area contributed by atoms with E-state index < -0.39 is 0 Å². The Kier molecular flexibility index (Phi) is 3.68. The van der Waals surface area contributed by atoms with Crippen molar-refractivity contribution in [2.24, 2.45) is 11.8 Å². The van der Waals surface area contributed by atoms with Crippen LogP contribution in [0.4, 0.5) is 0 Å². The third kappa shape index (κ3) is 2.73. The summed E-state index contributed by atoms with van der Waals surface area (Å²) in [6, 6.07) is 1.05. The molecule has 0 aromatic rings. The fourth-order valence-electron chi connectivity index (χ4n) is 3.14. The molecule has 0 amide bonds. The molecule has 0 saturated heterocycles. The minimum absolute atomic E-state index is 0.0837. The lowest BCUT2D eigenvalue weighted by atomic mass is 9.79. The molecule has 2 nitrogen and oxygen atoms in total. The minimum Gasteiger partial charge on any atom is -0.392 e. The number of hydrogen-bond donors (Lipinski definition) is 2. The van der Waals surface area contributed by atoms with Gasteiger partial charge in [-0.05, 0) is 50.4 Å². The maximum Gasteiger partial charge on any atom is 0.0693 e. The highest BCUT2D eigenvalue weighted by Gasteiger charge is 2.30. The van der Waals surface area contributed by atoms with E-state index in [1.54, 1.807) is 0 Å². The van der Waals surface area contributed by atoms with Crippen LogP contribution >= 0.6 is 0 Å². The molecule has 3 unspecified atom stereocenters. The molecule has 0 aromatic carbocycles. The fourth-order valence-corrected chi connectivity index (χ4v) is 3.14. The van der Waals surface area contributed by atoms with Crippen LogP contribution in [0.5, 0.6) is 0 Å². The fraction of sp³-hybridized carbons (Fsp3) is 1.00. The van der Waals surface area contributed by atoms with Crippen LogP contribution < -0.4 is 5.32 Å². The largest absolute Gasteiger partial charge is 0.392 e. The first kappa shape index (κ1) is 11.4. The zero-order valence-electron chi connectivity index (χ0n) is 10.1. The standard InChI is InChI=1S/C13H25NO/c1-9-6-7-11(8-10(9)2)14-12-4-3-5-13(12)15/h9-15H,3-8H2,1-2H3/t9?,10?,11?,12-,13-/m0/s1. The molecule has 2 rings (SSSR count). The molecule has 2 heteroatoms. The van der Waals surface area contributed by atoms with Crippen LogP contribution in [-0.2, 0) is 0 Å². The number of aliphatic hydroxyl groups excluding tert-OH is 1. The van der Waals surface area contributed by atoms with Crippen LogP contribution in [0.1, 0.15) is 52.4 Å². The number of aliphatic hydroxyl groups is 1. The van der Waals surface area contributed by atoms with Gasteiger partial charge in [0.2, 0.25) is 0 Å². The van der Waals surface area contributed by atoms with Gasteiger partial charge in [-0.15, -0.1) is 0 Å². The van der Waals surface area contributed by atoms with E-state index in [0.29, 0.717) is 12.1 Å². The van der Waals surface area contributed by atoms with Gasteiger partial charge in [0.05, 0.1) is 6.10 Å². The SMILES string of the molecule is CC1CCC(N[C@H]2CCC[C@@H]2O)CC1C. The van der Waals surface area contributed by atoms with E-state index in [4.69, 9.17) is 0 Å². The van der Waals surface area contributed by atoms with Gasteiger partial charge >= 0.3 is 0 Å². The van der Waals surface area contributed by atoms with Gasteiger partial charge in [-0.25, -0.2) is 0 Å². The third-order valence-electron chi connectivity index (χ3n) is 4.53. The van der Waals surface area contributed by atoms with Crippen LogP contribution in [0, 0.1) is 11.8 Å². The quantitative estimate of drug-likeness (QED) is 0.734. The average molecular weight is 211 g/mol. The van der Waals surface area contributed by atoms with Crippen molar-refractivity contribution in [3.8, 4) is 0 Å². The molecule has 2 saturated carbocycles. The molecule has 2 fully saturated rings. The highest BCUT2D eigenvalue weighted by atomic mass is 16.3. The van der Waals surface area contributed by atoms with E-state index in [2.05, 4.69) is 19.2 Å². The van der Waals surface area contributed by atoms with E-state index >= 15 is 0 Å². The van der Waals surface area contributed by atoms with Gasteiger partial charge in [0.25, 0.3) is 0 Å². The Hall–Kier alpha value is -0.0800. The Bertz CT molecular complexity index is 207. The molecule has 0 aromatic heterocycles. The molecule has 0 spiro atoms. The third-order valence-corrected chi connectivity index (χ3v) is 4.53. The van der Waals surface area contributed by atoms with Crippen LogP contribution in [0.25, 0.3) is 0 Å². The molecule has 5 atom stereocenters. The second kappa shape index (κ2) is 4.84. The van der Waals surface area contributed by atoms with E-state index in [1.807, 2.05) is 0 Å². The Balaban J connectivity index is 1.80. The molecule has 0 radical (unpaired) electrons. The van der Waals surface area contributed by atoms with Gasteiger partial charge in [0.15, 0.2) is 0 Å². The predicted octanol–water partition coefficient (Wildman–Crippen LogP) is 2.31. The molecule has 2 N–H and O–H groups in total. The van der Waals surface area contributed by atoms with Crippen molar-refractivity contribution < 1.29 is 5.11 Å². The van der Waals surface area contributed by atoms with Crippen LogP contribution in [0.2, 0.25) is 0 Å². The van der Waals surface area contributed by atoms with E-state index in [9.17, 15) is 5.11 Å². The molecule has 15 heavy (non-hydrogen) atoms. The highest BCUT2D eigenvalue weighted by molar-refractivity contribution is 4.88. The van der Waals surface area contributed by atoms with Gasteiger partial charge in [0, 0.05) is 12.1 Å². The van der Waals surface area contributed by atoms with Gasteiger partial charge < -0.3 is 10.4 Å². The van der Waals surface area contributed by atoms with Gasteiger partial charge in [0.1, 0.15) is 0 Å². The van der Waals surface area contributed by atoms with Crippen molar-refractivity contribution >= 4 is 0 Å². The first-order valence-corrected chi connectivity index (χ1v) is 6.61. The van der Waals surface area contributed by atoms with Gasteiger partial charge in [-0.2, -0.15) is 0 Å². The first-order valence-electron chi connectivity index (χ1n) is 6.61. The minimum atomic E-state index is -0.0837. The Morgan fingerprint density at radius 1 is 1.00 bits per heavy atom. The van der Waals surface area contributed by atoms with Crippen molar-refractivity contribution in [1.82, 2.24) is 5.32 Å². The molecule has 0 bridgehead atoms. The Labute approximate surface area is 93.5 Å². The summed E-state index contributed by atoms with van der Waals surface area (Å²) in [6.07, 6.45) is 7.22. The van der Waals surface area contributed by atoms with Crippen molar-refractivity contribution in [3.63, 3.8) is 0 Å². The van der Waals surface area contributed by atoms with Crippen molar-refractivity contribution in [2.45, 2.75) is 70.6 Å². The summed E-state index contributed by atoms with van der Waals surface area (Å²) in [7, 11) is 0. The lowest BCUT2D eigenvalue weighted by Gasteiger charge is -2.34. The highest BCUT2D eigenvalue weighted by Crippen LogP contribution is 2.30. The monoisotopic (exact) mass is 211 g/mol. The first-order chi connectivity index (χ1) is 7.16. The zero-order valence-corrected chi connectivity index (χ0v) is 10.1. The van der Waals surface area contributed by atoms with Crippen LogP contribution in [-0.4, -0.2) is 23.3 Å². The summed E-state index contributed by atoms with van der Waals surface area (Å²) in [5.74, 6) is 1.73. The topological polar surface area (TPSA) is 32.3 Å². The second-order valence-electron chi connectivity index (χ2n) is 5.74. The Morgan fingerprint density at radius 3 is 2.40 bits per heavy atom. The molecule has 0 heterocycles. The second-order valence-corrected chi connectivity index (χ2v) is 5.74. The lowest BCUT2D eigenvalue weighted by Crippen LogP contribution is -2.45. The summed E-state index contributed by atoms with van der Waals surface area (Å²) in [5, 5.41) is 13.4. The molecule has 2 aliphatic carbocycles. The van der Waals surface area contributed by atoms with Crippen LogP contribution in [0.3, 0.4) is 0 Å². The van der Waals surface area contributed by atoms with Crippen LogP contribution in [0.15, 0.2) is 0 Å². The summed E-state index contributed by atoms with van der Waals surface area (Å²) in [6.45, 7) is 4.73. The average Bonchev–Trinajstić information content (AvgIpc) is 2.59.